The molecule has 0 fully saturated rings. The number of hydrogen-bond donors (Lipinski definition) is 4. The van der Waals surface area contributed by atoms with E-state index < -0.39 is 11.9 Å². The maximum absolute atomic E-state index is 11.8. The molecule has 1 aliphatic rings. The van der Waals surface area contributed by atoms with E-state index in [4.69, 9.17) is 25.6 Å². The highest BCUT2D eigenvalue weighted by molar-refractivity contribution is 7.13. The molecule has 1 aromatic heterocycles. The second-order valence-corrected chi connectivity index (χ2v) is 9.53. The molecule has 0 bridgehead atoms. The molecule has 0 saturated carbocycles. The number of carbonyl (C=O) groups excluding carboxylic acids is 1. The predicted molar refractivity (Wildman–Crippen MR) is 155 cm³/mol. The van der Waals surface area contributed by atoms with Gasteiger partial charge < -0.3 is 15.2 Å². The Bertz CT molecular complexity index is 1060. The van der Waals surface area contributed by atoms with Gasteiger partial charge in [0, 0.05) is 11.6 Å². The second kappa shape index (κ2) is 17.4. The van der Waals surface area contributed by atoms with E-state index in [1.54, 1.807) is 6.92 Å². The molecule has 1 amide bonds. The molecular weight excluding hydrogens is 484 g/mol. The minimum Gasteiger partial charge on any atom is -0.429 e. The molecule has 0 radical (unpaired) electrons. The summed E-state index contributed by atoms with van der Waals surface area (Å²) in [6.45, 7) is 12.0. The fraction of sp³-hybridized carbons (Fsp3) is 0.448. The molecule has 2 aromatic rings. The molecule has 0 saturated heterocycles. The summed E-state index contributed by atoms with van der Waals surface area (Å²) in [5.74, 6) is -0.525. The predicted octanol–water partition coefficient (Wildman–Crippen LogP) is 6.63. The van der Waals surface area contributed by atoms with Gasteiger partial charge in [0.1, 0.15) is 11.4 Å². The third-order valence-electron chi connectivity index (χ3n) is 5.06. The zero-order valence-corrected chi connectivity index (χ0v) is 23.7. The summed E-state index contributed by atoms with van der Waals surface area (Å²) in [7, 11) is 0. The Balaban J connectivity index is 0.00000104. The highest BCUT2D eigenvalue weighted by atomic mass is 32.1. The number of benzene rings is 1. The summed E-state index contributed by atoms with van der Waals surface area (Å²) in [5.41, 5.74) is 2.99. The minimum atomic E-state index is -0.434. The highest BCUT2D eigenvalue weighted by Gasteiger charge is 2.20. The minimum absolute atomic E-state index is 0.133. The standard InChI is InChI=1S/C23H26N4O3S.C4H10.C2H6/c1-14-8-9-17(10-14)23-22(16-6-4-3-5-7-16)27-21(31-23)12-19(25)30-18(24)11-20(29)26-15(2)13-28;1-3-4-2;1-2/h3-10,14-15,24-25,28H,11-13H2,1-2H3,(H,26,29);3-4H2,1-2H3;1-2H3. The largest absolute Gasteiger partial charge is 0.429 e. The second-order valence-electron chi connectivity index (χ2n) is 8.44. The Morgan fingerprint density at radius 3 is 2.35 bits per heavy atom. The van der Waals surface area contributed by atoms with Crippen LogP contribution in [-0.4, -0.2) is 40.4 Å². The molecule has 1 heterocycles. The van der Waals surface area contributed by atoms with Crippen molar-refractivity contribution in [1.29, 1.82) is 10.8 Å². The first-order valence-corrected chi connectivity index (χ1v) is 13.8. The number of aliphatic hydroxyl groups excluding tert-OH is 1. The Kier molecular flexibility index (Phi) is 15.0. The number of hydrogen-bond acceptors (Lipinski definition) is 7. The molecule has 0 aliphatic heterocycles. The van der Waals surface area contributed by atoms with E-state index in [2.05, 4.69) is 44.3 Å². The molecule has 2 atom stereocenters. The molecule has 202 valence electrons. The van der Waals surface area contributed by atoms with Crippen LogP contribution in [0.4, 0.5) is 0 Å². The number of unbranched alkanes of at least 4 members (excludes halogenated alkanes) is 1. The van der Waals surface area contributed by atoms with Gasteiger partial charge in [-0.2, -0.15) is 0 Å². The Morgan fingerprint density at radius 2 is 1.81 bits per heavy atom. The van der Waals surface area contributed by atoms with Crippen molar-refractivity contribution in [3.63, 3.8) is 0 Å². The third kappa shape index (κ3) is 11.2. The lowest BCUT2D eigenvalue weighted by molar-refractivity contribution is -0.120. The number of nitrogens with zero attached hydrogens (tertiary/aromatic N) is 1. The topological polar surface area (TPSA) is 119 Å². The van der Waals surface area contributed by atoms with Crippen molar-refractivity contribution >= 4 is 34.6 Å². The van der Waals surface area contributed by atoms with Gasteiger partial charge in [-0.25, -0.2) is 4.98 Å². The number of carbonyl (C=O) groups is 1. The van der Waals surface area contributed by atoms with Crippen molar-refractivity contribution in [2.75, 3.05) is 6.61 Å². The average molecular weight is 527 g/mol. The number of aliphatic hydroxyl groups is 1. The van der Waals surface area contributed by atoms with Crippen molar-refractivity contribution in [3.8, 4) is 11.3 Å². The average Bonchev–Trinajstić information content (AvgIpc) is 3.51. The van der Waals surface area contributed by atoms with Crippen molar-refractivity contribution in [2.24, 2.45) is 5.92 Å². The van der Waals surface area contributed by atoms with E-state index in [0.717, 1.165) is 21.7 Å². The molecule has 37 heavy (non-hydrogen) atoms. The summed E-state index contributed by atoms with van der Waals surface area (Å²) in [5, 5.41) is 28.2. The molecule has 8 heteroatoms. The van der Waals surface area contributed by atoms with Gasteiger partial charge in [0.25, 0.3) is 0 Å². The van der Waals surface area contributed by atoms with Gasteiger partial charge in [-0.3, -0.25) is 15.6 Å². The zero-order valence-electron chi connectivity index (χ0n) is 22.9. The molecule has 2 unspecified atom stereocenters. The molecule has 4 N–H and O–H groups in total. The summed E-state index contributed by atoms with van der Waals surface area (Å²) < 4.78 is 5.22. The van der Waals surface area contributed by atoms with Gasteiger partial charge in [-0.1, -0.05) is 96.0 Å². The maximum atomic E-state index is 11.8. The molecule has 7 nitrogen and oxygen atoms in total. The van der Waals surface area contributed by atoms with Crippen LogP contribution >= 0.6 is 11.3 Å². The van der Waals surface area contributed by atoms with E-state index in [0.29, 0.717) is 10.9 Å². The number of rotatable bonds is 9. The SMILES string of the molecule is CC.CC1C=CC(c2sc(CC(=N)OC(=N)CC(=O)NC(C)CO)nc2-c2ccccc2)=C1.CCCC. The van der Waals surface area contributed by atoms with Crippen LogP contribution in [0.15, 0.2) is 48.6 Å². The van der Waals surface area contributed by atoms with Crippen LogP contribution in [0.5, 0.6) is 0 Å². The van der Waals surface area contributed by atoms with E-state index >= 15 is 0 Å². The number of nitrogens with one attached hydrogen (secondary N) is 3. The first-order valence-electron chi connectivity index (χ1n) is 13.0. The number of ether oxygens (including phenoxy) is 1. The van der Waals surface area contributed by atoms with Crippen LogP contribution < -0.4 is 5.32 Å². The van der Waals surface area contributed by atoms with Crippen LogP contribution in [0.1, 0.15) is 70.7 Å². The van der Waals surface area contributed by atoms with Crippen molar-refractivity contribution < 1.29 is 14.6 Å². The molecule has 3 rings (SSSR count). The number of amides is 1. The number of aromatic nitrogens is 1. The van der Waals surface area contributed by atoms with Crippen LogP contribution in [0, 0.1) is 16.7 Å². The monoisotopic (exact) mass is 526 g/mol. The van der Waals surface area contributed by atoms with Crippen molar-refractivity contribution in [2.45, 2.75) is 73.3 Å². The van der Waals surface area contributed by atoms with E-state index in [-0.39, 0.29) is 31.2 Å². The van der Waals surface area contributed by atoms with Gasteiger partial charge >= 0.3 is 0 Å². The van der Waals surface area contributed by atoms with Crippen molar-refractivity contribution in [3.05, 3.63) is 58.4 Å². The zero-order chi connectivity index (χ0) is 27.8. The third-order valence-corrected chi connectivity index (χ3v) is 6.17. The van der Waals surface area contributed by atoms with Crippen LogP contribution in [-0.2, 0) is 16.0 Å². The molecular formula is C29H42N4O3S. The molecule has 0 spiro atoms. The van der Waals surface area contributed by atoms with Crippen molar-refractivity contribution in [1.82, 2.24) is 10.3 Å². The summed E-state index contributed by atoms with van der Waals surface area (Å²) in [4.78, 5) is 17.6. The van der Waals surface area contributed by atoms with Gasteiger partial charge in [-0.15, -0.1) is 11.3 Å². The van der Waals surface area contributed by atoms with E-state index in [9.17, 15) is 4.79 Å². The smallest absolute Gasteiger partial charge is 0.229 e. The Morgan fingerprint density at radius 1 is 1.16 bits per heavy atom. The quantitative estimate of drug-likeness (QED) is 0.216. The highest BCUT2D eigenvalue weighted by Crippen LogP contribution is 2.37. The van der Waals surface area contributed by atoms with E-state index in [1.807, 2.05) is 44.2 Å². The first kappa shape index (κ1) is 31.9. The normalized spacial score (nSPS) is 14.4. The van der Waals surface area contributed by atoms with Gasteiger partial charge in [0.15, 0.2) is 11.8 Å². The molecule has 1 aromatic carbocycles. The maximum Gasteiger partial charge on any atom is 0.229 e. The summed E-state index contributed by atoms with van der Waals surface area (Å²) >= 11 is 1.51. The Hall–Kier alpha value is -3.10. The fourth-order valence-electron chi connectivity index (χ4n) is 3.10. The first-order chi connectivity index (χ1) is 17.8. The number of allylic oxidation sites excluding steroid dienone is 4. The van der Waals surface area contributed by atoms with Gasteiger partial charge in [0.05, 0.1) is 23.6 Å². The Labute approximate surface area is 225 Å². The van der Waals surface area contributed by atoms with Gasteiger partial charge in [0.2, 0.25) is 5.91 Å². The summed E-state index contributed by atoms with van der Waals surface area (Å²) in [6.07, 6.45) is 8.90. The lowest BCUT2D eigenvalue weighted by atomic mass is 10.1. The van der Waals surface area contributed by atoms with Crippen LogP contribution in [0.2, 0.25) is 0 Å². The van der Waals surface area contributed by atoms with E-state index in [1.165, 1.54) is 24.2 Å². The van der Waals surface area contributed by atoms with Crippen LogP contribution in [0.3, 0.4) is 0 Å². The lowest BCUT2D eigenvalue weighted by Crippen LogP contribution is -2.36. The number of thiazole rings is 1. The summed E-state index contributed by atoms with van der Waals surface area (Å²) in [6, 6.07) is 9.51. The lowest BCUT2D eigenvalue weighted by Gasteiger charge is -2.11. The van der Waals surface area contributed by atoms with Gasteiger partial charge in [-0.05, 0) is 18.4 Å². The molecule has 1 aliphatic carbocycles. The van der Waals surface area contributed by atoms with Crippen LogP contribution in [0.25, 0.3) is 16.8 Å². The fourth-order valence-corrected chi connectivity index (χ4v) is 4.19.